The van der Waals surface area contributed by atoms with Gasteiger partial charge in [0, 0.05) is 64.0 Å². The molecule has 2 saturated heterocycles. The number of carboxylic acid groups (broad SMARTS) is 1. The largest absolute Gasteiger partial charge is 0.480 e. The van der Waals surface area contributed by atoms with E-state index in [1.807, 2.05) is 0 Å². The van der Waals surface area contributed by atoms with E-state index in [4.69, 9.17) is 39.9 Å². The first-order valence-corrected chi connectivity index (χ1v) is 27.7. The van der Waals surface area contributed by atoms with Crippen LogP contribution in [0.25, 0.3) is 10.9 Å². The highest BCUT2D eigenvalue weighted by Gasteiger charge is 2.46. The number of carbonyl (C=O) groups is 12. The third kappa shape index (κ3) is 18.8. The number of nitrogens with two attached hydrogens (primary N) is 2. The normalized spacial score (nSPS) is 24.0. The van der Waals surface area contributed by atoms with Crippen LogP contribution in [-0.4, -0.2) is 193 Å². The maximum Gasteiger partial charge on any atom is 0.326 e. The zero-order chi connectivity index (χ0) is 60.5. The van der Waals surface area contributed by atoms with Crippen molar-refractivity contribution in [2.24, 2.45) is 23.3 Å². The molecular formula is C52H74N10O19S. The number of aliphatic carboxylic acids is 1. The Morgan fingerprint density at radius 1 is 0.915 bits per heavy atom. The van der Waals surface area contributed by atoms with Gasteiger partial charge in [-0.1, -0.05) is 27.2 Å². The number of esters is 3. The van der Waals surface area contributed by atoms with Crippen molar-refractivity contribution in [1.29, 1.82) is 0 Å². The molecule has 5 rings (SSSR count). The van der Waals surface area contributed by atoms with Gasteiger partial charge in [-0.05, 0) is 49.3 Å². The summed E-state index contributed by atoms with van der Waals surface area (Å²) in [5.41, 5.74) is 13.0. The number of carbonyl (C=O) groups excluding carboxylic acids is 11. The summed E-state index contributed by atoms with van der Waals surface area (Å²) in [6, 6.07) is -4.72. The summed E-state index contributed by atoms with van der Waals surface area (Å²) in [5.74, 6) is -13.2. The molecule has 4 heterocycles. The molecule has 3 aliphatic heterocycles. The fourth-order valence-corrected chi connectivity index (χ4v) is 10.6. The maximum absolute atomic E-state index is 15.0. The Labute approximate surface area is 476 Å². The number of hydrogen-bond donors (Lipinski definition) is 10. The number of benzene rings is 1. The molecule has 2 aromatic rings. The highest BCUT2D eigenvalue weighted by Crippen LogP contribution is 2.34. The number of fused-ring (bicyclic) bond motifs is 3. The van der Waals surface area contributed by atoms with Gasteiger partial charge in [-0.3, -0.25) is 52.7 Å². The minimum absolute atomic E-state index is 0.157. The van der Waals surface area contributed by atoms with E-state index >= 15 is 4.79 Å². The van der Waals surface area contributed by atoms with E-state index in [0.717, 1.165) is 30.5 Å². The van der Waals surface area contributed by atoms with Crippen molar-refractivity contribution in [3.63, 3.8) is 0 Å². The van der Waals surface area contributed by atoms with Crippen molar-refractivity contribution in [3.8, 4) is 5.75 Å². The second-order valence-corrected chi connectivity index (χ2v) is 21.3. The molecule has 82 heavy (non-hydrogen) atoms. The lowest BCUT2D eigenvalue weighted by Gasteiger charge is -2.32. The summed E-state index contributed by atoms with van der Waals surface area (Å²) in [6.45, 7) is 6.15. The summed E-state index contributed by atoms with van der Waals surface area (Å²) < 4.78 is 33.2. The molecule has 0 aliphatic carbocycles. The molecule has 8 amide bonds. The van der Waals surface area contributed by atoms with Gasteiger partial charge >= 0.3 is 23.9 Å². The standard InChI is InChI=1S/C52H74N10O19S/c1-8-24(2)44-49(72)56-18-41(67)57-37(23-82-50-33(16-34(53)46(69)55-19-42(68)60-44)32-13-12-29(78-27(5)64)14-35(32)59-50)47(70)58-36(17-40(54)66)51(73)62-20-31(81-43-11-9-10-30(80-43)21-76-7)15-38(62)48(71)61-45(52(74)75)25(3)39(79-28(6)65)22-77-26(4)63/h12-14,24-25,30-31,34,36-39,43-45,59H,8-11,15-23,53H2,1-7H3,(H2,54,66)(H,55,69)(H,56,72)(H,57,67)(H,58,70)(H,60,68)(H,61,71)(H,74,75)/t24-,25-,30?,31+,34-,36?,37-,38-,39-,43?,44-,45?/m0/s1. The number of carboxylic acids is 1. The molecule has 1 aromatic heterocycles. The van der Waals surface area contributed by atoms with Gasteiger partial charge in [-0.25, -0.2) is 4.79 Å². The second-order valence-electron chi connectivity index (χ2n) is 20.3. The van der Waals surface area contributed by atoms with Gasteiger partial charge in [0.1, 0.15) is 48.7 Å². The van der Waals surface area contributed by atoms with Crippen molar-refractivity contribution in [3.05, 3.63) is 23.8 Å². The lowest BCUT2D eigenvalue weighted by molar-refractivity contribution is -0.220. The van der Waals surface area contributed by atoms with Crippen molar-refractivity contribution in [2.75, 3.05) is 45.7 Å². The average Bonchev–Trinajstić information content (AvgIpc) is 4.04. The minimum atomic E-state index is -1.86. The van der Waals surface area contributed by atoms with E-state index in [-0.39, 0.29) is 43.6 Å². The molecule has 4 unspecified atom stereocenters. The fourth-order valence-electron chi connectivity index (χ4n) is 9.51. The zero-order valence-corrected chi connectivity index (χ0v) is 47.5. The molecular weight excluding hydrogens is 1100 g/mol. The summed E-state index contributed by atoms with van der Waals surface area (Å²) in [4.78, 5) is 164. The Balaban J connectivity index is 1.52. The van der Waals surface area contributed by atoms with E-state index in [2.05, 4.69) is 36.9 Å². The number of amides is 8. The fraction of sp³-hybridized carbons (Fsp3) is 0.615. The first-order valence-electron chi connectivity index (χ1n) is 26.7. The SMILES string of the molecule is CC[C@H](C)[C@@H]1NC(=O)CNC(=O)[C@@H](N)Cc2c([nH]c3cc(OC(C)=O)ccc23)SC[C@@H](C(=O)NC(CC(N)=O)C(=O)N2C[C@H](OC3CCCC(COC)O3)C[C@H]2C(=O)NC(C(=O)O)[C@@H](C)[C@H](COC(C)=O)OC(C)=O)NC(=O)CNC1=O. The summed E-state index contributed by atoms with van der Waals surface area (Å²) >= 11 is 0.950. The van der Waals surface area contributed by atoms with Gasteiger partial charge in [0.05, 0.1) is 54.9 Å². The van der Waals surface area contributed by atoms with Crippen LogP contribution >= 0.6 is 11.8 Å². The molecule has 0 radical (unpaired) electrons. The number of likely N-dealkylation sites (tertiary alicyclic amines) is 1. The van der Waals surface area contributed by atoms with Crippen LogP contribution < -0.4 is 48.1 Å². The minimum Gasteiger partial charge on any atom is -0.480 e. The van der Waals surface area contributed by atoms with Gasteiger partial charge in [0.2, 0.25) is 47.3 Å². The smallest absolute Gasteiger partial charge is 0.326 e. The van der Waals surface area contributed by atoms with Gasteiger partial charge < -0.3 is 86.8 Å². The number of thioether (sulfide) groups is 1. The van der Waals surface area contributed by atoms with Crippen molar-refractivity contribution in [2.45, 2.75) is 152 Å². The van der Waals surface area contributed by atoms with E-state index in [9.17, 15) is 57.8 Å². The number of nitrogens with one attached hydrogen (secondary N) is 7. The lowest BCUT2D eigenvalue weighted by Crippen LogP contribution is -2.60. The molecule has 12 N–H and O–H groups in total. The Bertz CT molecular complexity index is 2710. The van der Waals surface area contributed by atoms with Gasteiger partial charge in [-0.15, -0.1) is 11.8 Å². The Hall–Kier alpha value is -7.41. The van der Waals surface area contributed by atoms with Crippen LogP contribution in [0.2, 0.25) is 0 Å². The monoisotopic (exact) mass is 1170 g/mol. The quantitative estimate of drug-likeness (QED) is 0.0502. The van der Waals surface area contributed by atoms with Crippen LogP contribution in [0.3, 0.4) is 0 Å². The van der Waals surface area contributed by atoms with Crippen LogP contribution in [0, 0.1) is 11.8 Å². The number of primary amides is 1. The van der Waals surface area contributed by atoms with Gasteiger partial charge in [-0.2, -0.15) is 0 Å². The molecule has 452 valence electrons. The number of nitrogens with zero attached hydrogens (tertiary/aromatic N) is 1. The topological polar surface area (TPSA) is 424 Å². The van der Waals surface area contributed by atoms with E-state index < -0.39 is 164 Å². The van der Waals surface area contributed by atoms with Crippen molar-refractivity contribution < 1.29 is 91.1 Å². The molecule has 12 atom stereocenters. The number of aromatic amines is 1. The number of ether oxygens (including phenoxy) is 6. The van der Waals surface area contributed by atoms with Crippen LogP contribution in [0.4, 0.5) is 0 Å². The Morgan fingerprint density at radius 2 is 1.61 bits per heavy atom. The van der Waals surface area contributed by atoms with Crippen LogP contribution in [0.1, 0.15) is 85.6 Å². The first kappa shape index (κ1) is 65.4. The molecule has 0 bridgehead atoms. The predicted molar refractivity (Wildman–Crippen MR) is 287 cm³/mol. The Kier molecular flexibility index (Phi) is 24.4. The third-order valence-corrected chi connectivity index (χ3v) is 15.0. The van der Waals surface area contributed by atoms with E-state index in [0.29, 0.717) is 47.2 Å². The van der Waals surface area contributed by atoms with Crippen LogP contribution in [0.15, 0.2) is 23.2 Å². The molecule has 29 nitrogen and oxygen atoms in total. The molecule has 3 aliphatic rings. The van der Waals surface area contributed by atoms with Crippen LogP contribution in [-0.2, 0) is 87.6 Å². The lowest BCUT2D eigenvalue weighted by atomic mass is 9.95. The maximum atomic E-state index is 15.0. The second kappa shape index (κ2) is 30.6. The molecule has 0 spiro atoms. The highest BCUT2D eigenvalue weighted by molar-refractivity contribution is 7.99. The average molecular weight is 1180 g/mol. The van der Waals surface area contributed by atoms with Crippen LogP contribution in [0.5, 0.6) is 5.75 Å². The van der Waals surface area contributed by atoms with Crippen molar-refractivity contribution in [1.82, 2.24) is 41.8 Å². The predicted octanol–water partition coefficient (Wildman–Crippen LogP) is -2.10. The van der Waals surface area contributed by atoms with E-state index in [1.165, 1.54) is 33.1 Å². The summed E-state index contributed by atoms with van der Waals surface area (Å²) in [6.07, 6.45) is -2.67. The number of hydrogen-bond acceptors (Lipinski definition) is 20. The third-order valence-electron chi connectivity index (χ3n) is 13.9. The number of aromatic nitrogens is 1. The van der Waals surface area contributed by atoms with Gasteiger partial charge in [0.25, 0.3) is 0 Å². The Morgan fingerprint density at radius 3 is 2.24 bits per heavy atom. The van der Waals surface area contributed by atoms with Gasteiger partial charge in [0.15, 0.2) is 6.29 Å². The molecule has 30 heteroatoms. The first-order chi connectivity index (χ1) is 38.8. The number of H-pyrrole nitrogens is 1. The number of rotatable bonds is 20. The molecule has 1 aromatic carbocycles. The van der Waals surface area contributed by atoms with Crippen molar-refractivity contribution >= 4 is 93.8 Å². The molecule has 2 fully saturated rings. The highest BCUT2D eigenvalue weighted by atomic mass is 32.2. The molecule has 0 saturated carbocycles. The number of methoxy groups -OCH3 is 1. The summed E-state index contributed by atoms with van der Waals surface area (Å²) in [5, 5.41) is 26.3. The summed E-state index contributed by atoms with van der Waals surface area (Å²) in [7, 11) is 1.50. The zero-order valence-electron chi connectivity index (χ0n) is 46.7. The van der Waals surface area contributed by atoms with E-state index in [1.54, 1.807) is 19.9 Å².